The van der Waals surface area contributed by atoms with E-state index in [0.29, 0.717) is 0 Å². The van der Waals surface area contributed by atoms with Crippen molar-refractivity contribution in [3.63, 3.8) is 0 Å². The minimum Gasteiger partial charge on any atom is -0.145 e. The van der Waals surface area contributed by atoms with Gasteiger partial charge in [0.1, 0.15) is 0 Å². The summed E-state index contributed by atoms with van der Waals surface area (Å²) in [4.78, 5) is 3.81. The quantitative estimate of drug-likeness (QED) is 0.605. The van der Waals surface area contributed by atoms with Gasteiger partial charge in [0.25, 0.3) is 0 Å². The molecule has 0 aliphatic carbocycles. The van der Waals surface area contributed by atoms with Gasteiger partial charge in [-0.2, -0.15) is 0 Å². The summed E-state index contributed by atoms with van der Waals surface area (Å²) in [5.74, 6) is 0. The Morgan fingerprint density at radius 3 is 2.53 bits per heavy atom. The summed E-state index contributed by atoms with van der Waals surface area (Å²) in [5.41, 5.74) is 0. The van der Waals surface area contributed by atoms with Gasteiger partial charge in [-0.3, -0.25) is 0 Å². The number of alkyl halides is 1. The van der Waals surface area contributed by atoms with Crippen LogP contribution in [0.1, 0.15) is 49.3 Å². The number of hydrogen-bond donors (Lipinski definition) is 0. The van der Waals surface area contributed by atoms with Gasteiger partial charge in [-0.1, -0.05) is 36.2 Å². The molecule has 0 amide bonds. The Hall–Kier alpha value is 0.180. The highest BCUT2D eigenvalue weighted by molar-refractivity contribution is 9.09. The second-order valence-electron chi connectivity index (χ2n) is 4.00. The molecule has 0 spiro atoms. The monoisotopic (exact) mass is 288 g/mol. The summed E-state index contributed by atoms with van der Waals surface area (Å²) in [6.07, 6.45) is 7.67. The lowest BCUT2D eigenvalue weighted by atomic mass is 10.1. The molecular weight excluding hydrogens is 268 g/mol. The Morgan fingerprint density at radius 2 is 1.93 bits per heavy atom. The van der Waals surface area contributed by atoms with Crippen LogP contribution in [0.5, 0.6) is 0 Å². The average Bonchev–Trinajstić information content (AvgIpc) is 2.66. The van der Waals surface area contributed by atoms with Crippen LogP contribution >= 0.6 is 27.3 Å². The Labute approximate surface area is 106 Å². The molecule has 0 aromatic carbocycles. The van der Waals surface area contributed by atoms with Gasteiger partial charge in [0.2, 0.25) is 0 Å². The first-order valence-corrected chi connectivity index (χ1v) is 7.71. The van der Waals surface area contributed by atoms with Crippen LogP contribution in [0.25, 0.3) is 0 Å². The molecule has 0 aliphatic rings. The number of hydrogen-bond acceptors (Lipinski definition) is 1. The molecule has 86 valence electrons. The maximum atomic E-state index is 3.73. The predicted octanol–water partition coefficient (Wildman–Crippen LogP) is 5.20. The summed E-state index contributed by atoms with van der Waals surface area (Å²) in [5, 5.41) is 0. The van der Waals surface area contributed by atoms with Crippen LogP contribution in [-0.2, 0) is 12.8 Å². The molecular formula is C13H21BrS. The van der Waals surface area contributed by atoms with Crippen LogP contribution in [0.2, 0.25) is 0 Å². The topological polar surface area (TPSA) is 0 Å². The lowest BCUT2D eigenvalue weighted by Crippen LogP contribution is -1.97. The molecule has 0 nitrogen and oxygen atoms in total. The van der Waals surface area contributed by atoms with Crippen molar-refractivity contribution in [3.05, 3.63) is 21.9 Å². The Balaban J connectivity index is 2.19. The Morgan fingerprint density at radius 1 is 1.20 bits per heavy atom. The maximum Gasteiger partial charge on any atom is 0.0145 e. The first-order chi connectivity index (χ1) is 7.26. The molecule has 0 radical (unpaired) electrons. The lowest BCUT2D eigenvalue weighted by molar-refractivity contribution is 0.658. The van der Waals surface area contributed by atoms with Gasteiger partial charge in [0, 0.05) is 14.6 Å². The zero-order valence-electron chi connectivity index (χ0n) is 9.76. The molecule has 2 heteroatoms. The Bertz CT molecular complexity index is 267. The van der Waals surface area contributed by atoms with E-state index in [0.717, 1.165) is 4.83 Å². The molecule has 15 heavy (non-hydrogen) atoms. The van der Waals surface area contributed by atoms with Crippen LogP contribution in [0.15, 0.2) is 12.1 Å². The van der Waals surface area contributed by atoms with E-state index in [9.17, 15) is 0 Å². The molecule has 1 unspecified atom stereocenters. The summed E-state index contributed by atoms with van der Waals surface area (Å²) in [6.45, 7) is 4.48. The lowest BCUT2D eigenvalue weighted by Gasteiger charge is -2.06. The van der Waals surface area contributed by atoms with E-state index in [1.807, 2.05) is 11.3 Å². The van der Waals surface area contributed by atoms with Crippen molar-refractivity contribution in [2.24, 2.45) is 0 Å². The molecule has 0 aliphatic heterocycles. The molecule has 0 N–H and O–H groups in total. The highest BCUT2D eigenvalue weighted by Crippen LogP contribution is 2.21. The van der Waals surface area contributed by atoms with Gasteiger partial charge in [-0.05, 0) is 44.2 Å². The predicted molar refractivity (Wildman–Crippen MR) is 74.3 cm³/mol. The minimum absolute atomic E-state index is 0.730. The summed E-state index contributed by atoms with van der Waals surface area (Å²) in [6, 6.07) is 4.57. The summed E-state index contributed by atoms with van der Waals surface area (Å²) in [7, 11) is 0. The third-order valence-electron chi connectivity index (χ3n) is 2.61. The van der Waals surface area contributed by atoms with Gasteiger partial charge in [-0.15, -0.1) is 11.3 Å². The van der Waals surface area contributed by atoms with Crippen molar-refractivity contribution in [2.75, 3.05) is 0 Å². The third-order valence-corrected chi connectivity index (χ3v) is 4.81. The largest absolute Gasteiger partial charge is 0.145 e. The van der Waals surface area contributed by atoms with Crippen molar-refractivity contribution in [1.82, 2.24) is 0 Å². The zero-order chi connectivity index (χ0) is 11.1. The van der Waals surface area contributed by atoms with Crippen LogP contribution in [-0.4, -0.2) is 4.83 Å². The van der Waals surface area contributed by atoms with Crippen LogP contribution < -0.4 is 0 Å². The molecule has 1 rings (SSSR count). The van der Waals surface area contributed by atoms with Crippen molar-refractivity contribution in [2.45, 2.75) is 57.2 Å². The number of aryl methyl sites for hydroxylation is 2. The van der Waals surface area contributed by atoms with Gasteiger partial charge < -0.3 is 0 Å². The van der Waals surface area contributed by atoms with Crippen molar-refractivity contribution >= 4 is 27.3 Å². The molecule has 1 aromatic rings. The van der Waals surface area contributed by atoms with E-state index in [-0.39, 0.29) is 0 Å². The first kappa shape index (κ1) is 13.2. The Kier molecular flexibility index (Phi) is 6.58. The van der Waals surface area contributed by atoms with Gasteiger partial charge in [-0.25, -0.2) is 0 Å². The standard InChI is InChI=1S/C13H21BrS/c1-3-6-11(14)7-5-8-13-10-9-12(4-2)15-13/h9-11H,3-8H2,1-2H3. The van der Waals surface area contributed by atoms with Crippen molar-refractivity contribution in [3.8, 4) is 0 Å². The number of thiophene rings is 1. The van der Waals surface area contributed by atoms with E-state index >= 15 is 0 Å². The maximum absolute atomic E-state index is 3.73. The fraction of sp³-hybridized carbons (Fsp3) is 0.692. The van der Waals surface area contributed by atoms with E-state index in [1.54, 1.807) is 4.88 Å². The smallest absolute Gasteiger partial charge is 0.0145 e. The average molecular weight is 289 g/mol. The molecule has 1 aromatic heterocycles. The van der Waals surface area contributed by atoms with Gasteiger partial charge in [0.15, 0.2) is 0 Å². The van der Waals surface area contributed by atoms with E-state index < -0.39 is 0 Å². The molecule has 1 atom stereocenters. The van der Waals surface area contributed by atoms with Crippen molar-refractivity contribution < 1.29 is 0 Å². The fourth-order valence-corrected chi connectivity index (χ4v) is 3.48. The second-order valence-corrected chi connectivity index (χ2v) is 6.55. The molecule has 0 fully saturated rings. The summed E-state index contributed by atoms with van der Waals surface area (Å²) >= 11 is 5.72. The van der Waals surface area contributed by atoms with Crippen LogP contribution in [0, 0.1) is 0 Å². The highest BCUT2D eigenvalue weighted by Gasteiger charge is 2.03. The van der Waals surface area contributed by atoms with Crippen LogP contribution in [0.4, 0.5) is 0 Å². The van der Waals surface area contributed by atoms with Gasteiger partial charge >= 0.3 is 0 Å². The zero-order valence-corrected chi connectivity index (χ0v) is 12.2. The fourth-order valence-electron chi connectivity index (χ4n) is 1.70. The molecule has 0 saturated heterocycles. The number of halogens is 1. The highest BCUT2D eigenvalue weighted by atomic mass is 79.9. The minimum atomic E-state index is 0.730. The first-order valence-electron chi connectivity index (χ1n) is 5.97. The van der Waals surface area contributed by atoms with Crippen molar-refractivity contribution in [1.29, 1.82) is 0 Å². The second kappa shape index (κ2) is 7.45. The van der Waals surface area contributed by atoms with Crippen LogP contribution in [0.3, 0.4) is 0 Å². The molecule has 0 saturated carbocycles. The summed E-state index contributed by atoms with van der Waals surface area (Å²) < 4.78 is 0. The van der Waals surface area contributed by atoms with E-state index in [4.69, 9.17) is 0 Å². The number of rotatable bonds is 7. The SMILES string of the molecule is CCCC(Br)CCCc1ccc(CC)s1. The normalized spacial score (nSPS) is 13.0. The third kappa shape index (κ3) is 5.17. The molecule has 1 heterocycles. The van der Waals surface area contributed by atoms with Gasteiger partial charge in [0.05, 0.1) is 0 Å². The molecule has 0 bridgehead atoms. The van der Waals surface area contributed by atoms with E-state index in [2.05, 4.69) is 41.9 Å². The van der Waals surface area contributed by atoms with E-state index in [1.165, 1.54) is 43.4 Å².